The van der Waals surface area contributed by atoms with Gasteiger partial charge in [-0.15, -0.1) is 0 Å². The van der Waals surface area contributed by atoms with Crippen molar-refractivity contribution in [1.29, 1.82) is 0 Å². The molecule has 0 saturated carbocycles. The Morgan fingerprint density at radius 2 is 0.256 bits per heavy atom. The first-order chi connectivity index (χ1) is 40.8. The third-order valence-electron chi connectivity index (χ3n) is 9.82. The highest BCUT2D eigenvalue weighted by Gasteiger charge is 2.01. The van der Waals surface area contributed by atoms with Gasteiger partial charge >= 0.3 is 5.97 Å². The quantitative estimate of drug-likeness (QED) is 0.0813. The summed E-state index contributed by atoms with van der Waals surface area (Å²) in [4.78, 5) is 10.4. The molecule has 0 aliphatic heterocycles. The molecule has 0 aromatic heterocycles. The van der Waals surface area contributed by atoms with Crippen molar-refractivity contribution in [3.63, 3.8) is 0 Å². The van der Waals surface area contributed by atoms with Crippen molar-refractivity contribution in [1.82, 2.24) is 0 Å². The summed E-state index contributed by atoms with van der Waals surface area (Å²) in [5, 5.41) is 8.52. The summed E-state index contributed by atoms with van der Waals surface area (Å²) in [5.74, 6) is -0.880. The van der Waals surface area contributed by atoms with Gasteiger partial charge in [0.1, 0.15) is 0 Å². The minimum absolute atomic E-state index is 0.0100. The second-order valence-corrected chi connectivity index (χ2v) is 16.4. The van der Waals surface area contributed by atoms with E-state index in [2.05, 4.69) is 0 Å². The van der Waals surface area contributed by atoms with E-state index in [-0.39, 0.29) is 13.0 Å². The minimum Gasteiger partial charge on any atom is -0.481 e. The maximum atomic E-state index is 10.4. The fourth-order valence-electron chi connectivity index (χ4n) is 5.68. The molecule has 0 aromatic carbocycles. The van der Waals surface area contributed by atoms with Gasteiger partial charge in [-0.05, 0) is 0 Å². The van der Waals surface area contributed by atoms with Crippen LogP contribution in [0.1, 0.15) is 6.42 Å². The van der Waals surface area contributed by atoms with Gasteiger partial charge in [0.15, 0.2) is 0 Å². The van der Waals surface area contributed by atoms with Crippen molar-refractivity contribution in [3.8, 4) is 0 Å². The summed E-state index contributed by atoms with van der Waals surface area (Å²) in [6.45, 7) is 24.4. The Morgan fingerprint density at radius 3 is 0.341 bits per heavy atom. The van der Waals surface area contributed by atoms with E-state index in [0.717, 1.165) is 0 Å². The topological polar surface area (TPSA) is 277 Å². The maximum Gasteiger partial charge on any atom is 0.305 e. The van der Waals surface area contributed by atoms with E-state index in [9.17, 15) is 4.79 Å². The normalized spacial score (nSPS) is 11.7. The lowest BCUT2D eigenvalue weighted by Crippen LogP contribution is -2.16. The molecule has 0 saturated heterocycles. The molecule has 0 spiro atoms. The van der Waals surface area contributed by atoms with Crippen molar-refractivity contribution in [3.05, 3.63) is 0 Å². The molecule has 28 nitrogen and oxygen atoms in total. The molecule has 0 aromatic rings. The minimum atomic E-state index is -0.880. The Kier molecular flexibility index (Phi) is 76.0. The highest BCUT2D eigenvalue weighted by atomic mass is 16.6. The molecular weight excluding hydrogens is 1100 g/mol. The maximum absolute atomic E-state index is 10.4. The highest BCUT2D eigenvalue weighted by molar-refractivity contribution is 5.66. The number of methoxy groups -OCH3 is 1. The summed E-state index contributed by atoms with van der Waals surface area (Å²) in [5.41, 5.74) is 0. The molecule has 0 aliphatic rings. The van der Waals surface area contributed by atoms with Crippen LogP contribution >= 0.6 is 0 Å². The number of hydrogen-bond acceptors (Lipinski definition) is 27. The summed E-state index contributed by atoms with van der Waals surface area (Å²) in [6, 6.07) is 0. The van der Waals surface area contributed by atoms with Gasteiger partial charge in [-0.25, -0.2) is 0 Å². The lowest BCUT2D eigenvalue weighted by atomic mass is 10.5. The van der Waals surface area contributed by atoms with Crippen molar-refractivity contribution in [2.45, 2.75) is 6.42 Å². The molecule has 0 fully saturated rings. The standard InChI is InChI=1S/C54H108O28/c1-57-4-5-59-8-9-61-12-13-63-16-17-65-20-21-67-24-25-69-28-29-71-32-33-73-36-37-75-40-41-77-44-45-79-48-49-81-52-53-82-51-50-80-47-46-78-43-42-76-39-38-74-35-34-72-31-30-70-27-26-68-23-22-66-19-18-64-15-14-62-11-10-60-7-6-58-3-2-54(55)56/h2-53H2,1H3,(H,55,56). The van der Waals surface area contributed by atoms with E-state index in [4.69, 9.17) is 128 Å². The van der Waals surface area contributed by atoms with Crippen LogP contribution in [-0.4, -0.2) is 355 Å². The Labute approximate surface area is 488 Å². The molecule has 0 aliphatic carbocycles. The number of rotatable bonds is 78. The van der Waals surface area contributed by atoms with Gasteiger partial charge in [-0.2, -0.15) is 0 Å². The molecule has 82 heavy (non-hydrogen) atoms. The summed E-state index contributed by atoms with van der Waals surface area (Å²) < 4.78 is 142. The molecule has 492 valence electrons. The van der Waals surface area contributed by atoms with Gasteiger partial charge in [0.05, 0.1) is 343 Å². The van der Waals surface area contributed by atoms with Crippen molar-refractivity contribution in [2.24, 2.45) is 0 Å². The number of carboxylic acid groups (broad SMARTS) is 1. The fraction of sp³-hybridized carbons (Fsp3) is 0.981. The molecule has 0 atom stereocenters. The molecule has 0 bridgehead atoms. The number of aliphatic carboxylic acids is 1. The van der Waals surface area contributed by atoms with Crippen LogP contribution in [0, 0.1) is 0 Å². The van der Waals surface area contributed by atoms with Crippen LogP contribution in [-0.2, 0) is 128 Å². The van der Waals surface area contributed by atoms with Crippen LogP contribution in [0.3, 0.4) is 0 Å². The van der Waals surface area contributed by atoms with Crippen molar-refractivity contribution >= 4 is 5.97 Å². The van der Waals surface area contributed by atoms with E-state index in [1.807, 2.05) is 0 Å². The smallest absolute Gasteiger partial charge is 0.305 e. The second kappa shape index (κ2) is 77.4. The summed E-state index contributed by atoms with van der Waals surface area (Å²) in [7, 11) is 1.64. The Balaban J connectivity index is 3.08. The van der Waals surface area contributed by atoms with Crippen LogP contribution in [0.5, 0.6) is 0 Å². The number of hydrogen-bond donors (Lipinski definition) is 1. The Hall–Kier alpha value is -1.57. The number of carboxylic acids is 1. The molecule has 0 unspecified atom stereocenters. The van der Waals surface area contributed by atoms with Crippen LogP contribution in [0.25, 0.3) is 0 Å². The van der Waals surface area contributed by atoms with E-state index in [0.29, 0.717) is 330 Å². The Morgan fingerprint density at radius 1 is 0.171 bits per heavy atom. The monoisotopic (exact) mass is 1200 g/mol. The lowest BCUT2D eigenvalue weighted by Gasteiger charge is -2.09. The van der Waals surface area contributed by atoms with E-state index in [1.54, 1.807) is 7.11 Å². The molecule has 0 radical (unpaired) electrons. The first kappa shape index (κ1) is 80.4. The third-order valence-corrected chi connectivity index (χ3v) is 9.82. The van der Waals surface area contributed by atoms with E-state index >= 15 is 0 Å². The predicted octanol–water partition coefficient (Wildman–Crippen LogP) is 0.522. The van der Waals surface area contributed by atoms with Gasteiger partial charge < -0.3 is 128 Å². The average Bonchev–Trinajstić information content (AvgIpc) is 3.47. The number of carbonyl (C=O) groups is 1. The van der Waals surface area contributed by atoms with Crippen LogP contribution < -0.4 is 0 Å². The van der Waals surface area contributed by atoms with Crippen molar-refractivity contribution in [2.75, 3.05) is 344 Å². The molecule has 0 heterocycles. The molecule has 0 amide bonds. The van der Waals surface area contributed by atoms with E-state index < -0.39 is 5.97 Å². The van der Waals surface area contributed by atoms with Gasteiger partial charge in [-0.3, -0.25) is 4.79 Å². The molecule has 1 N–H and O–H groups in total. The Bertz CT molecular complexity index is 1150. The zero-order valence-corrected chi connectivity index (χ0v) is 49.7. The number of ether oxygens (including phenoxy) is 26. The second-order valence-electron chi connectivity index (χ2n) is 16.4. The van der Waals surface area contributed by atoms with Gasteiger partial charge in [0, 0.05) is 7.11 Å². The third kappa shape index (κ3) is 78.4. The highest BCUT2D eigenvalue weighted by Crippen LogP contribution is 1.92. The van der Waals surface area contributed by atoms with Crippen LogP contribution in [0.15, 0.2) is 0 Å². The largest absolute Gasteiger partial charge is 0.481 e. The van der Waals surface area contributed by atoms with Gasteiger partial charge in [0.25, 0.3) is 0 Å². The predicted molar refractivity (Wildman–Crippen MR) is 295 cm³/mol. The first-order valence-electron chi connectivity index (χ1n) is 28.9. The average molecular weight is 1210 g/mol. The molecule has 0 rings (SSSR count). The van der Waals surface area contributed by atoms with Gasteiger partial charge in [0.2, 0.25) is 0 Å². The van der Waals surface area contributed by atoms with E-state index in [1.165, 1.54) is 0 Å². The fourth-order valence-corrected chi connectivity index (χ4v) is 5.68. The van der Waals surface area contributed by atoms with Crippen LogP contribution in [0.2, 0.25) is 0 Å². The zero-order chi connectivity index (χ0) is 58.7. The zero-order valence-electron chi connectivity index (χ0n) is 49.7. The van der Waals surface area contributed by atoms with Crippen LogP contribution in [0.4, 0.5) is 0 Å². The van der Waals surface area contributed by atoms with Crippen molar-refractivity contribution < 1.29 is 133 Å². The summed E-state index contributed by atoms with van der Waals surface area (Å²) in [6.07, 6.45) is -0.0100. The first-order valence-corrected chi connectivity index (χ1v) is 28.9. The summed E-state index contributed by atoms with van der Waals surface area (Å²) >= 11 is 0. The lowest BCUT2D eigenvalue weighted by molar-refractivity contribution is -0.138. The van der Waals surface area contributed by atoms with Gasteiger partial charge in [-0.1, -0.05) is 0 Å². The molecular formula is C54H108O28. The SMILES string of the molecule is COCCOCCOCCOCCOCCOCCOCCOCCOCCOCCOCCOCCOCCOCCOCCOCCOCCOCCOCCOCCOCCOCCOCCOCCOCCOCCC(=O)O. The molecule has 28 heteroatoms.